The summed E-state index contributed by atoms with van der Waals surface area (Å²) >= 11 is 0. The summed E-state index contributed by atoms with van der Waals surface area (Å²) in [6.45, 7) is 4.73. The summed E-state index contributed by atoms with van der Waals surface area (Å²) in [6, 6.07) is -0.877. The highest BCUT2D eigenvalue weighted by molar-refractivity contribution is 7.47. The predicted molar refractivity (Wildman–Crippen MR) is 244 cm³/mol. The van der Waals surface area contributed by atoms with Crippen molar-refractivity contribution in [1.29, 1.82) is 0 Å². The largest absolute Gasteiger partial charge is 0.472 e. The Bertz CT molecular complexity index is 1110. The molecular formula is C48H90N2O6P+. The number of aliphatic hydroxyl groups is 1. The summed E-state index contributed by atoms with van der Waals surface area (Å²) < 4.78 is 23.5. The third-order valence-corrected chi connectivity index (χ3v) is 10.9. The van der Waals surface area contributed by atoms with Crippen molar-refractivity contribution in [3.8, 4) is 0 Å². The van der Waals surface area contributed by atoms with Gasteiger partial charge in [0.15, 0.2) is 0 Å². The van der Waals surface area contributed by atoms with E-state index < -0.39 is 20.0 Å². The van der Waals surface area contributed by atoms with Crippen LogP contribution in [0.3, 0.4) is 0 Å². The molecule has 3 atom stereocenters. The smallest absolute Gasteiger partial charge is 0.387 e. The molecule has 1 amide bonds. The third-order valence-electron chi connectivity index (χ3n) is 9.97. The van der Waals surface area contributed by atoms with Crippen LogP contribution in [-0.4, -0.2) is 73.4 Å². The zero-order valence-electron chi connectivity index (χ0n) is 37.6. The van der Waals surface area contributed by atoms with Crippen LogP contribution in [0.5, 0.6) is 0 Å². The number of rotatable bonds is 41. The second-order valence-corrected chi connectivity index (χ2v) is 18.2. The summed E-state index contributed by atoms with van der Waals surface area (Å²) in [7, 11) is 1.53. The topological polar surface area (TPSA) is 105 Å². The molecule has 0 heterocycles. The number of hydrogen-bond donors (Lipinski definition) is 3. The van der Waals surface area contributed by atoms with Gasteiger partial charge in [-0.1, -0.05) is 171 Å². The molecule has 8 nitrogen and oxygen atoms in total. The van der Waals surface area contributed by atoms with Gasteiger partial charge in [-0.15, -0.1) is 0 Å². The fourth-order valence-corrected chi connectivity index (χ4v) is 6.97. The van der Waals surface area contributed by atoms with E-state index in [9.17, 15) is 19.4 Å². The number of likely N-dealkylation sites (N-methyl/N-ethyl adjacent to an activating group) is 1. The van der Waals surface area contributed by atoms with Gasteiger partial charge >= 0.3 is 7.82 Å². The molecule has 0 aliphatic carbocycles. The molecule has 0 aromatic rings. The molecule has 3 N–H and O–H groups in total. The second-order valence-electron chi connectivity index (χ2n) is 16.8. The number of carbonyl (C=O) groups is 1. The van der Waals surface area contributed by atoms with E-state index in [2.05, 4.69) is 67.8 Å². The van der Waals surface area contributed by atoms with Crippen molar-refractivity contribution in [3.05, 3.63) is 60.8 Å². The van der Waals surface area contributed by atoms with Gasteiger partial charge in [-0.3, -0.25) is 13.8 Å². The van der Waals surface area contributed by atoms with Gasteiger partial charge in [-0.2, -0.15) is 0 Å². The number of carbonyl (C=O) groups excluding carboxylic acids is 1. The van der Waals surface area contributed by atoms with E-state index >= 15 is 0 Å². The molecule has 0 rings (SSSR count). The van der Waals surface area contributed by atoms with Crippen LogP contribution in [-0.2, 0) is 18.4 Å². The Morgan fingerprint density at radius 1 is 0.596 bits per heavy atom. The molecule has 0 aliphatic rings. The number of unbranched alkanes of at least 4 members (excludes halogenated alkanes) is 21. The average molecular weight is 822 g/mol. The van der Waals surface area contributed by atoms with Crippen molar-refractivity contribution in [1.82, 2.24) is 5.32 Å². The van der Waals surface area contributed by atoms with Crippen LogP contribution in [0, 0.1) is 0 Å². The van der Waals surface area contributed by atoms with Crippen LogP contribution < -0.4 is 5.32 Å². The molecule has 0 fully saturated rings. The normalized spacial score (nSPS) is 14.9. The number of allylic oxidation sites excluding steroid dienone is 9. The van der Waals surface area contributed by atoms with Gasteiger partial charge in [0.05, 0.1) is 39.9 Å². The van der Waals surface area contributed by atoms with E-state index in [4.69, 9.17) is 9.05 Å². The first-order valence-electron chi connectivity index (χ1n) is 23.2. The lowest BCUT2D eigenvalue weighted by molar-refractivity contribution is -0.870. The Morgan fingerprint density at radius 2 is 1.02 bits per heavy atom. The van der Waals surface area contributed by atoms with Crippen molar-refractivity contribution in [3.63, 3.8) is 0 Å². The molecule has 0 aromatic carbocycles. The van der Waals surface area contributed by atoms with Crippen molar-refractivity contribution < 1.29 is 32.9 Å². The number of nitrogens with zero attached hydrogens (tertiary/aromatic N) is 1. The minimum atomic E-state index is -4.36. The summed E-state index contributed by atoms with van der Waals surface area (Å²) in [5.74, 6) is -0.205. The zero-order chi connectivity index (χ0) is 42.1. The van der Waals surface area contributed by atoms with Crippen LogP contribution in [0.15, 0.2) is 60.8 Å². The first-order chi connectivity index (χ1) is 27.5. The number of nitrogens with one attached hydrogen (secondary N) is 1. The Kier molecular flexibility index (Phi) is 38.4. The van der Waals surface area contributed by atoms with E-state index in [-0.39, 0.29) is 19.1 Å². The van der Waals surface area contributed by atoms with Crippen molar-refractivity contribution in [2.45, 2.75) is 199 Å². The van der Waals surface area contributed by atoms with Gasteiger partial charge in [0.1, 0.15) is 13.2 Å². The van der Waals surface area contributed by atoms with E-state index in [0.717, 1.165) is 64.2 Å². The van der Waals surface area contributed by atoms with Crippen LogP contribution in [0.4, 0.5) is 0 Å². The van der Waals surface area contributed by atoms with Gasteiger partial charge in [0, 0.05) is 6.42 Å². The quantitative estimate of drug-likeness (QED) is 0.0186. The van der Waals surface area contributed by atoms with Gasteiger partial charge in [-0.25, -0.2) is 4.57 Å². The van der Waals surface area contributed by atoms with E-state index in [1.54, 1.807) is 6.08 Å². The molecule has 0 saturated heterocycles. The lowest BCUT2D eigenvalue weighted by atomic mass is 10.1. The molecule has 0 aliphatic heterocycles. The Labute approximate surface area is 351 Å². The van der Waals surface area contributed by atoms with E-state index in [1.807, 2.05) is 27.2 Å². The van der Waals surface area contributed by atoms with Gasteiger partial charge in [0.2, 0.25) is 5.91 Å². The monoisotopic (exact) mass is 822 g/mol. The summed E-state index contributed by atoms with van der Waals surface area (Å²) in [6.07, 6.45) is 51.5. The molecule has 0 bridgehead atoms. The van der Waals surface area contributed by atoms with Crippen LogP contribution in [0.25, 0.3) is 0 Å². The second kappa shape index (κ2) is 39.6. The number of quaternary nitrogens is 1. The molecular weight excluding hydrogens is 732 g/mol. The van der Waals surface area contributed by atoms with Crippen LogP contribution in [0.2, 0.25) is 0 Å². The summed E-state index contributed by atoms with van der Waals surface area (Å²) in [5.41, 5.74) is 0. The molecule has 3 unspecified atom stereocenters. The maximum Gasteiger partial charge on any atom is 0.472 e. The summed E-state index contributed by atoms with van der Waals surface area (Å²) in [5, 5.41) is 13.8. The Morgan fingerprint density at radius 3 is 1.54 bits per heavy atom. The number of amides is 1. The third kappa shape index (κ3) is 42.1. The standard InChI is InChI=1S/C48H89N2O6P/c1-6-8-10-12-14-16-18-20-22-23-24-25-26-28-29-31-33-35-37-39-41-47(51)46(45-56-57(53,54)55-44-43-50(3,4)5)49-48(52)42-40-38-36-34-32-30-27-21-19-17-15-13-11-9-7-2/h15,17,19,21,25-26,31,33,39,41,46-47,51H,6-14,16,18,20,22-24,27-30,32,34-38,40,42-45H2,1-5H3,(H-,49,52,53,54)/p+1/b17-15-,21-19-,26-25+,33-31+,41-39+. The Balaban J connectivity index is 4.51. The molecule has 9 heteroatoms. The predicted octanol–water partition coefficient (Wildman–Crippen LogP) is 13.0. The molecule has 0 spiro atoms. The van der Waals surface area contributed by atoms with Gasteiger partial charge < -0.3 is 19.8 Å². The highest BCUT2D eigenvalue weighted by Crippen LogP contribution is 2.43. The fourth-order valence-electron chi connectivity index (χ4n) is 6.24. The first-order valence-corrected chi connectivity index (χ1v) is 24.7. The molecule has 332 valence electrons. The number of hydrogen-bond acceptors (Lipinski definition) is 5. The maximum atomic E-state index is 12.9. The molecule has 0 aromatic heterocycles. The highest BCUT2D eigenvalue weighted by Gasteiger charge is 2.27. The van der Waals surface area contributed by atoms with Crippen molar-refractivity contribution in [2.75, 3.05) is 40.9 Å². The number of aliphatic hydroxyl groups excluding tert-OH is 1. The first kappa shape index (κ1) is 55.2. The Hall–Kier alpha value is -1.80. The van der Waals surface area contributed by atoms with Gasteiger partial charge in [0.25, 0.3) is 0 Å². The number of phosphoric ester groups is 1. The SMILES string of the molecule is CCCCC/C=C\C=C/CCCCCCCCC(=O)NC(COP(=O)(O)OCC[N+](C)(C)C)C(O)/C=C/CC/C=C/CC/C=C/CCCCCCCCCCCC. The molecule has 57 heavy (non-hydrogen) atoms. The minimum Gasteiger partial charge on any atom is -0.387 e. The molecule has 0 radical (unpaired) electrons. The van der Waals surface area contributed by atoms with Crippen LogP contribution >= 0.6 is 7.82 Å². The maximum absolute atomic E-state index is 12.9. The highest BCUT2D eigenvalue weighted by atomic mass is 31.2. The van der Waals surface area contributed by atoms with E-state index in [0.29, 0.717) is 17.4 Å². The van der Waals surface area contributed by atoms with Gasteiger partial charge in [-0.05, 0) is 70.6 Å². The lowest BCUT2D eigenvalue weighted by Crippen LogP contribution is -2.45. The average Bonchev–Trinajstić information content (AvgIpc) is 3.16. The fraction of sp³-hybridized carbons (Fsp3) is 0.771. The molecule has 0 saturated carbocycles. The minimum absolute atomic E-state index is 0.0488. The zero-order valence-corrected chi connectivity index (χ0v) is 38.5. The van der Waals surface area contributed by atoms with Crippen molar-refractivity contribution >= 4 is 13.7 Å². The van der Waals surface area contributed by atoms with Crippen LogP contribution in [0.1, 0.15) is 187 Å². The van der Waals surface area contributed by atoms with E-state index in [1.165, 1.54) is 103 Å². The van der Waals surface area contributed by atoms with Crippen molar-refractivity contribution in [2.24, 2.45) is 0 Å². The lowest BCUT2D eigenvalue weighted by Gasteiger charge is -2.25. The number of phosphoric acid groups is 1. The summed E-state index contributed by atoms with van der Waals surface area (Å²) in [4.78, 5) is 23.1.